The Kier molecular flexibility index (Phi) is 3.34. The lowest BCUT2D eigenvalue weighted by Crippen LogP contribution is -2.63. The largest absolute Gasteiger partial charge is 0.386 e. The van der Waals surface area contributed by atoms with Crippen molar-refractivity contribution < 1.29 is 18.7 Å². The molecule has 0 bridgehead atoms. The maximum absolute atomic E-state index is 13.4. The van der Waals surface area contributed by atoms with Crippen molar-refractivity contribution in [2.45, 2.75) is 25.4 Å². The summed E-state index contributed by atoms with van der Waals surface area (Å²) >= 11 is 0. The summed E-state index contributed by atoms with van der Waals surface area (Å²) in [6, 6.07) is 2.86. The van der Waals surface area contributed by atoms with E-state index in [2.05, 4.69) is 0 Å². The van der Waals surface area contributed by atoms with E-state index in [-0.39, 0.29) is 18.7 Å². The Morgan fingerprint density at radius 2 is 2.11 bits per heavy atom. The molecule has 0 radical (unpaired) electrons. The van der Waals surface area contributed by atoms with Gasteiger partial charge in [-0.3, -0.25) is 4.79 Å². The topological polar surface area (TPSA) is 40.5 Å². The van der Waals surface area contributed by atoms with E-state index >= 15 is 0 Å². The Hall–Kier alpha value is -1.49. The van der Waals surface area contributed by atoms with Gasteiger partial charge in [-0.25, -0.2) is 8.78 Å². The first kappa shape index (κ1) is 13.0. The van der Waals surface area contributed by atoms with Gasteiger partial charge in [-0.2, -0.15) is 0 Å². The minimum absolute atomic E-state index is 0.157. The Balaban J connectivity index is 2.06. The minimum Gasteiger partial charge on any atom is -0.386 e. The van der Waals surface area contributed by atoms with E-state index in [1.54, 1.807) is 0 Å². The van der Waals surface area contributed by atoms with Gasteiger partial charge < -0.3 is 10.0 Å². The van der Waals surface area contributed by atoms with Crippen molar-refractivity contribution in [1.29, 1.82) is 0 Å². The summed E-state index contributed by atoms with van der Waals surface area (Å²) in [5.74, 6) is -2.09. The van der Waals surface area contributed by atoms with Crippen molar-refractivity contribution in [2.75, 3.05) is 13.1 Å². The fourth-order valence-electron chi connectivity index (χ4n) is 2.26. The molecule has 0 saturated carbocycles. The van der Waals surface area contributed by atoms with Gasteiger partial charge in [0.2, 0.25) is 0 Å². The van der Waals surface area contributed by atoms with E-state index in [4.69, 9.17) is 0 Å². The second-order valence-corrected chi connectivity index (χ2v) is 4.76. The average molecular weight is 255 g/mol. The lowest BCUT2D eigenvalue weighted by molar-refractivity contribution is -0.0861. The molecule has 1 amide bonds. The van der Waals surface area contributed by atoms with Crippen LogP contribution in [0.25, 0.3) is 0 Å². The number of amides is 1. The number of nitrogens with zero attached hydrogens (tertiary/aromatic N) is 1. The number of hydrogen-bond donors (Lipinski definition) is 1. The first-order chi connectivity index (χ1) is 8.45. The predicted octanol–water partition coefficient (Wildman–Crippen LogP) is 1.95. The summed E-state index contributed by atoms with van der Waals surface area (Å²) in [5, 5.41) is 9.94. The number of aliphatic hydroxyl groups is 1. The van der Waals surface area contributed by atoms with Gasteiger partial charge in [-0.05, 0) is 18.6 Å². The van der Waals surface area contributed by atoms with Crippen molar-refractivity contribution in [3.05, 3.63) is 35.4 Å². The summed E-state index contributed by atoms with van der Waals surface area (Å²) in [6.45, 7) is 2.36. The number of β-amino-alcohol motifs (C(OH)–C–C–N with tert-alkyl or cyclic N) is 1. The van der Waals surface area contributed by atoms with Gasteiger partial charge in [-0.1, -0.05) is 13.3 Å². The monoisotopic (exact) mass is 255 g/mol. The zero-order valence-electron chi connectivity index (χ0n) is 10.1. The molecule has 1 N–H and O–H groups in total. The van der Waals surface area contributed by atoms with E-state index in [1.165, 1.54) is 4.90 Å². The highest BCUT2D eigenvalue weighted by atomic mass is 19.1. The number of benzene rings is 1. The highest BCUT2D eigenvalue weighted by Crippen LogP contribution is 2.27. The molecule has 0 aliphatic carbocycles. The number of halogens is 2. The van der Waals surface area contributed by atoms with Crippen LogP contribution in [0.4, 0.5) is 8.78 Å². The molecule has 2 rings (SSSR count). The molecule has 1 fully saturated rings. The molecule has 5 heteroatoms. The Morgan fingerprint density at radius 3 is 2.67 bits per heavy atom. The lowest BCUT2D eigenvalue weighted by Gasteiger charge is -2.46. The average Bonchev–Trinajstić information content (AvgIpc) is 2.25. The molecule has 1 aliphatic rings. The smallest absolute Gasteiger partial charge is 0.257 e. The molecule has 18 heavy (non-hydrogen) atoms. The third-order valence-corrected chi connectivity index (χ3v) is 3.13. The molecule has 0 spiro atoms. The number of hydrogen-bond acceptors (Lipinski definition) is 2. The second kappa shape index (κ2) is 4.65. The van der Waals surface area contributed by atoms with Gasteiger partial charge in [0, 0.05) is 6.07 Å². The fourth-order valence-corrected chi connectivity index (χ4v) is 2.26. The van der Waals surface area contributed by atoms with Crippen LogP contribution in [0.5, 0.6) is 0 Å². The second-order valence-electron chi connectivity index (χ2n) is 4.76. The van der Waals surface area contributed by atoms with E-state index in [0.717, 1.165) is 18.6 Å². The summed E-state index contributed by atoms with van der Waals surface area (Å²) in [7, 11) is 0. The molecule has 1 aromatic carbocycles. The van der Waals surface area contributed by atoms with Crippen LogP contribution >= 0.6 is 0 Å². The molecule has 98 valence electrons. The Morgan fingerprint density at radius 1 is 1.44 bits per heavy atom. The van der Waals surface area contributed by atoms with Crippen molar-refractivity contribution in [1.82, 2.24) is 4.90 Å². The van der Waals surface area contributed by atoms with Gasteiger partial charge >= 0.3 is 0 Å². The number of rotatable bonds is 3. The summed E-state index contributed by atoms with van der Waals surface area (Å²) in [4.78, 5) is 13.3. The molecular formula is C13H15F2NO2. The van der Waals surface area contributed by atoms with Gasteiger partial charge in [0.15, 0.2) is 0 Å². The zero-order chi connectivity index (χ0) is 13.3. The zero-order valence-corrected chi connectivity index (χ0v) is 10.1. The normalized spacial score (nSPS) is 17.4. The van der Waals surface area contributed by atoms with E-state index in [9.17, 15) is 18.7 Å². The SMILES string of the molecule is CCCC1(O)CN(C(=O)c2ccc(F)cc2F)C1. The van der Waals surface area contributed by atoms with Crippen LogP contribution in [0.3, 0.4) is 0 Å². The van der Waals surface area contributed by atoms with Crippen LogP contribution in [0, 0.1) is 11.6 Å². The van der Waals surface area contributed by atoms with Crippen LogP contribution < -0.4 is 0 Å². The molecule has 0 aromatic heterocycles. The Bertz CT molecular complexity index is 470. The number of carbonyl (C=O) groups excluding carboxylic acids is 1. The van der Waals surface area contributed by atoms with Crippen molar-refractivity contribution in [3.8, 4) is 0 Å². The fraction of sp³-hybridized carbons (Fsp3) is 0.462. The highest BCUT2D eigenvalue weighted by Gasteiger charge is 2.43. The summed E-state index contributed by atoms with van der Waals surface area (Å²) in [6.07, 6.45) is 1.44. The molecule has 1 aromatic rings. The lowest BCUT2D eigenvalue weighted by atomic mass is 9.88. The maximum Gasteiger partial charge on any atom is 0.257 e. The standard InChI is InChI=1S/C13H15F2NO2/c1-2-5-13(18)7-16(8-13)12(17)10-4-3-9(14)6-11(10)15/h3-4,6,18H,2,5,7-8H2,1H3. The van der Waals surface area contributed by atoms with Crippen LogP contribution in [0.1, 0.15) is 30.1 Å². The quantitative estimate of drug-likeness (QED) is 0.896. The third kappa shape index (κ3) is 2.36. The third-order valence-electron chi connectivity index (χ3n) is 3.13. The predicted molar refractivity (Wildman–Crippen MR) is 62.1 cm³/mol. The van der Waals surface area contributed by atoms with Gasteiger partial charge in [0.25, 0.3) is 5.91 Å². The molecule has 0 unspecified atom stereocenters. The van der Waals surface area contributed by atoms with Crippen LogP contribution in [0.2, 0.25) is 0 Å². The van der Waals surface area contributed by atoms with E-state index in [0.29, 0.717) is 12.5 Å². The number of likely N-dealkylation sites (tertiary alicyclic amines) is 1. The van der Waals surface area contributed by atoms with Crippen LogP contribution in [-0.2, 0) is 0 Å². The van der Waals surface area contributed by atoms with E-state index in [1.807, 2.05) is 6.92 Å². The number of carbonyl (C=O) groups is 1. The first-order valence-electron chi connectivity index (χ1n) is 5.92. The summed E-state index contributed by atoms with van der Waals surface area (Å²) in [5.41, 5.74) is -1.00. The minimum atomic E-state index is -0.870. The molecular weight excluding hydrogens is 240 g/mol. The van der Waals surface area contributed by atoms with Crippen molar-refractivity contribution >= 4 is 5.91 Å². The van der Waals surface area contributed by atoms with Crippen molar-refractivity contribution in [2.24, 2.45) is 0 Å². The molecule has 3 nitrogen and oxygen atoms in total. The highest BCUT2D eigenvalue weighted by molar-refractivity contribution is 5.95. The summed E-state index contributed by atoms with van der Waals surface area (Å²) < 4.78 is 26.1. The van der Waals surface area contributed by atoms with Crippen LogP contribution in [-0.4, -0.2) is 34.6 Å². The van der Waals surface area contributed by atoms with E-state index < -0.39 is 23.1 Å². The van der Waals surface area contributed by atoms with Gasteiger partial charge in [-0.15, -0.1) is 0 Å². The molecule has 1 saturated heterocycles. The Labute approximate surface area is 104 Å². The maximum atomic E-state index is 13.4. The van der Waals surface area contributed by atoms with Gasteiger partial charge in [0.1, 0.15) is 11.6 Å². The molecule has 1 aliphatic heterocycles. The molecule has 0 atom stereocenters. The first-order valence-corrected chi connectivity index (χ1v) is 5.92. The molecule has 1 heterocycles. The van der Waals surface area contributed by atoms with Gasteiger partial charge in [0.05, 0.1) is 24.3 Å². The van der Waals surface area contributed by atoms with Crippen LogP contribution in [0.15, 0.2) is 18.2 Å². The van der Waals surface area contributed by atoms with Crippen molar-refractivity contribution in [3.63, 3.8) is 0 Å².